The first-order chi connectivity index (χ1) is 7.86. The van der Waals surface area contributed by atoms with Gasteiger partial charge in [-0.2, -0.15) is 13.2 Å². The highest BCUT2D eigenvalue weighted by atomic mass is 19.4. The first kappa shape index (κ1) is 13.6. The van der Waals surface area contributed by atoms with Gasteiger partial charge in [0, 0.05) is 18.7 Å². The molecule has 0 aliphatic rings. The second-order valence-corrected chi connectivity index (χ2v) is 3.79. The molecule has 0 saturated carbocycles. The second kappa shape index (κ2) is 5.25. The molecule has 0 unspecified atom stereocenters. The molecule has 0 fully saturated rings. The summed E-state index contributed by atoms with van der Waals surface area (Å²) in [5, 5.41) is 9.04. The zero-order chi connectivity index (χ0) is 13.1. The van der Waals surface area contributed by atoms with Gasteiger partial charge < -0.3 is 9.67 Å². The van der Waals surface area contributed by atoms with E-state index in [9.17, 15) is 18.0 Å². The van der Waals surface area contributed by atoms with E-state index in [1.807, 2.05) is 6.92 Å². The Kier molecular flexibility index (Phi) is 4.20. The van der Waals surface area contributed by atoms with Gasteiger partial charge in [-0.1, -0.05) is 19.8 Å². The highest BCUT2D eigenvalue weighted by Crippen LogP contribution is 2.30. The summed E-state index contributed by atoms with van der Waals surface area (Å²) in [4.78, 5) is 11.4. The van der Waals surface area contributed by atoms with Gasteiger partial charge in [0.05, 0.1) is 0 Å². The number of halogens is 3. The van der Waals surface area contributed by atoms with E-state index in [0.29, 0.717) is 17.1 Å². The zero-order valence-corrected chi connectivity index (χ0v) is 9.42. The number of unbranched alkanes of at least 4 members (excludes halogenated alkanes) is 2. The van der Waals surface area contributed by atoms with Gasteiger partial charge in [-0.3, -0.25) is 4.79 Å². The molecule has 17 heavy (non-hydrogen) atoms. The topological polar surface area (TPSA) is 42.2 Å². The predicted molar refractivity (Wildman–Crippen MR) is 56.9 cm³/mol. The number of alkyl halides is 3. The Hall–Kier alpha value is -1.46. The minimum Gasteiger partial charge on any atom is -0.508 e. The Morgan fingerprint density at radius 1 is 1.29 bits per heavy atom. The fourth-order valence-corrected chi connectivity index (χ4v) is 1.57. The molecule has 6 heteroatoms. The summed E-state index contributed by atoms with van der Waals surface area (Å²) in [6.07, 6.45) is -2.52. The van der Waals surface area contributed by atoms with Crippen molar-refractivity contribution in [1.29, 1.82) is 0 Å². The molecule has 0 saturated heterocycles. The van der Waals surface area contributed by atoms with E-state index in [-0.39, 0.29) is 6.54 Å². The number of aromatic hydroxyl groups is 1. The molecule has 0 aliphatic carbocycles. The molecular formula is C11H14F3NO2. The molecule has 0 bridgehead atoms. The Balaban J connectivity index is 3.13. The lowest BCUT2D eigenvalue weighted by Crippen LogP contribution is -2.27. The van der Waals surface area contributed by atoms with Crippen molar-refractivity contribution in [3.63, 3.8) is 0 Å². The van der Waals surface area contributed by atoms with Gasteiger partial charge >= 0.3 is 6.18 Å². The number of pyridine rings is 1. The van der Waals surface area contributed by atoms with E-state index in [2.05, 4.69) is 0 Å². The van der Waals surface area contributed by atoms with Gasteiger partial charge in [0.2, 0.25) is 0 Å². The monoisotopic (exact) mass is 249 g/mol. The van der Waals surface area contributed by atoms with Crippen LogP contribution in [0.5, 0.6) is 5.75 Å². The van der Waals surface area contributed by atoms with Gasteiger partial charge in [0.25, 0.3) is 5.56 Å². The molecule has 1 N–H and O–H groups in total. The molecule has 0 aromatic carbocycles. The number of aromatic nitrogens is 1. The Bertz CT molecular complexity index is 437. The quantitative estimate of drug-likeness (QED) is 0.834. The van der Waals surface area contributed by atoms with Gasteiger partial charge in [0.15, 0.2) is 0 Å². The number of rotatable bonds is 4. The molecule has 0 radical (unpaired) electrons. The third kappa shape index (κ3) is 3.51. The average Bonchev–Trinajstić information content (AvgIpc) is 2.19. The maximum atomic E-state index is 12.6. The summed E-state index contributed by atoms with van der Waals surface area (Å²) in [7, 11) is 0. The van der Waals surface area contributed by atoms with Crippen LogP contribution in [0.1, 0.15) is 31.9 Å². The molecule has 1 aromatic rings. The van der Waals surface area contributed by atoms with E-state index in [0.717, 1.165) is 18.9 Å². The molecule has 0 aliphatic heterocycles. The predicted octanol–water partition coefficient (Wildman–Crippen LogP) is 2.76. The Morgan fingerprint density at radius 2 is 1.94 bits per heavy atom. The van der Waals surface area contributed by atoms with Crippen molar-refractivity contribution in [2.75, 3.05) is 0 Å². The summed E-state index contributed by atoms with van der Waals surface area (Å²) < 4.78 is 38.6. The van der Waals surface area contributed by atoms with E-state index < -0.39 is 23.2 Å². The van der Waals surface area contributed by atoms with E-state index in [4.69, 9.17) is 5.11 Å². The molecule has 1 rings (SSSR count). The largest absolute Gasteiger partial charge is 0.508 e. The number of nitrogens with zero attached hydrogens (tertiary/aromatic N) is 1. The van der Waals surface area contributed by atoms with Crippen molar-refractivity contribution < 1.29 is 18.3 Å². The summed E-state index contributed by atoms with van der Waals surface area (Å²) in [6.45, 7) is 1.94. The summed E-state index contributed by atoms with van der Waals surface area (Å²) in [6, 6.07) is 1.37. The highest BCUT2D eigenvalue weighted by Gasteiger charge is 2.34. The van der Waals surface area contributed by atoms with Crippen LogP contribution in [0.3, 0.4) is 0 Å². The second-order valence-electron chi connectivity index (χ2n) is 3.79. The highest BCUT2D eigenvalue weighted by molar-refractivity contribution is 5.24. The molecule has 0 spiro atoms. The van der Waals surface area contributed by atoms with Crippen LogP contribution >= 0.6 is 0 Å². The smallest absolute Gasteiger partial charge is 0.431 e. The van der Waals surface area contributed by atoms with Gasteiger partial charge in [-0.25, -0.2) is 0 Å². The molecule has 3 nitrogen and oxygen atoms in total. The summed E-state index contributed by atoms with van der Waals surface area (Å²) in [5.41, 5.74) is -1.92. The molecule has 0 amide bonds. The lowest BCUT2D eigenvalue weighted by Gasteiger charge is -2.15. The van der Waals surface area contributed by atoms with Crippen molar-refractivity contribution >= 4 is 0 Å². The number of hydrogen-bond donors (Lipinski definition) is 1. The van der Waals surface area contributed by atoms with Crippen LogP contribution in [0, 0.1) is 0 Å². The molecule has 96 valence electrons. The SMILES string of the molecule is CCCCCn1c(C(F)(F)F)cc(O)cc1=O. The minimum atomic E-state index is -4.63. The zero-order valence-electron chi connectivity index (χ0n) is 9.42. The lowest BCUT2D eigenvalue weighted by atomic mass is 10.2. The van der Waals surface area contributed by atoms with E-state index >= 15 is 0 Å². The van der Waals surface area contributed by atoms with Crippen LogP contribution in [-0.2, 0) is 12.7 Å². The third-order valence-electron chi connectivity index (χ3n) is 2.39. The molecule has 1 aromatic heterocycles. The first-order valence-corrected chi connectivity index (χ1v) is 5.37. The Morgan fingerprint density at radius 3 is 2.47 bits per heavy atom. The van der Waals surface area contributed by atoms with Gasteiger partial charge in [-0.15, -0.1) is 0 Å². The van der Waals surface area contributed by atoms with Crippen LogP contribution in [0.25, 0.3) is 0 Å². The fraction of sp³-hybridized carbons (Fsp3) is 0.545. The fourth-order valence-electron chi connectivity index (χ4n) is 1.57. The van der Waals surface area contributed by atoms with Crippen molar-refractivity contribution in [2.45, 2.75) is 38.9 Å². The van der Waals surface area contributed by atoms with Crippen molar-refractivity contribution in [2.24, 2.45) is 0 Å². The van der Waals surface area contributed by atoms with Crippen molar-refractivity contribution in [3.05, 3.63) is 28.2 Å². The lowest BCUT2D eigenvalue weighted by molar-refractivity contribution is -0.144. The summed E-state index contributed by atoms with van der Waals surface area (Å²) >= 11 is 0. The Labute approximate surface area is 96.5 Å². The minimum absolute atomic E-state index is 0.0157. The maximum Gasteiger partial charge on any atom is 0.431 e. The van der Waals surface area contributed by atoms with Gasteiger partial charge in [-0.05, 0) is 6.42 Å². The molecule has 0 atom stereocenters. The number of hydrogen-bond acceptors (Lipinski definition) is 2. The van der Waals surface area contributed by atoms with Crippen molar-refractivity contribution in [1.82, 2.24) is 4.57 Å². The van der Waals surface area contributed by atoms with Crippen LogP contribution < -0.4 is 5.56 Å². The summed E-state index contributed by atoms with van der Waals surface area (Å²) in [5.74, 6) is -0.658. The normalized spacial score (nSPS) is 11.8. The average molecular weight is 249 g/mol. The van der Waals surface area contributed by atoms with Crippen LogP contribution in [-0.4, -0.2) is 9.67 Å². The van der Waals surface area contributed by atoms with Crippen LogP contribution in [0.15, 0.2) is 16.9 Å². The van der Waals surface area contributed by atoms with Gasteiger partial charge in [0.1, 0.15) is 11.4 Å². The standard InChI is InChI=1S/C11H14F3NO2/c1-2-3-4-5-15-9(11(12,13)14)6-8(16)7-10(15)17/h6-7,16H,2-5H2,1H3. The van der Waals surface area contributed by atoms with E-state index in [1.54, 1.807) is 0 Å². The van der Waals surface area contributed by atoms with Crippen LogP contribution in [0.2, 0.25) is 0 Å². The first-order valence-electron chi connectivity index (χ1n) is 5.37. The molecular weight excluding hydrogens is 235 g/mol. The van der Waals surface area contributed by atoms with Crippen LogP contribution in [0.4, 0.5) is 13.2 Å². The van der Waals surface area contributed by atoms with Crippen molar-refractivity contribution in [3.8, 4) is 5.75 Å². The van der Waals surface area contributed by atoms with E-state index in [1.165, 1.54) is 0 Å². The molecule has 1 heterocycles. The maximum absolute atomic E-state index is 12.6. The third-order valence-corrected chi connectivity index (χ3v) is 2.39.